The van der Waals surface area contributed by atoms with Gasteiger partial charge in [-0.25, -0.2) is 0 Å². The number of benzene rings is 3. The molecule has 0 aliphatic carbocycles. The van der Waals surface area contributed by atoms with Gasteiger partial charge in [0.15, 0.2) is 0 Å². The normalized spacial score (nSPS) is 18.1. The van der Waals surface area contributed by atoms with Gasteiger partial charge in [0.25, 0.3) is 11.5 Å². The number of hydrogen-bond acceptors (Lipinski definition) is 6. The zero-order chi connectivity index (χ0) is 25.4. The van der Waals surface area contributed by atoms with E-state index in [4.69, 9.17) is 37.0 Å². The van der Waals surface area contributed by atoms with E-state index in [1.807, 2.05) is 0 Å². The second-order valence-electron chi connectivity index (χ2n) is 7.50. The van der Waals surface area contributed by atoms with Crippen molar-refractivity contribution >= 4 is 39.2 Å². The summed E-state index contributed by atoms with van der Waals surface area (Å²) in [5, 5.41) is 3.20. The molecule has 1 aliphatic rings. The minimum absolute atomic E-state index is 0.0625. The summed E-state index contributed by atoms with van der Waals surface area (Å²) in [5.41, 5.74) is -2.73. The summed E-state index contributed by atoms with van der Waals surface area (Å²) in [6, 6.07) is 15.9. The van der Waals surface area contributed by atoms with Crippen molar-refractivity contribution in [3.63, 3.8) is 0 Å². The van der Waals surface area contributed by atoms with Crippen LogP contribution in [0.5, 0.6) is 5.75 Å². The molecule has 1 atom stereocenters. The predicted octanol–water partition coefficient (Wildman–Crippen LogP) is 6.57. The van der Waals surface area contributed by atoms with Crippen LogP contribution in [0.2, 0.25) is 10.0 Å². The molecule has 0 N–H and O–H groups in total. The molecular formula is C23H16Cl2F3NO5S. The molecule has 0 aromatic heterocycles. The molecule has 1 unspecified atom stereocenters. The topological polar surface area (TPSA) is 74.2 Å². The maximum Gasteiger partial charge on any atom is 0.435 e. The van der Waals surface area contributed by atoms with Crippen molar-refractivity contribution in [2.45, 2.75) is 23.1 Å². The summed E-state index contributed by atoms with van der Waals surface area (Å²) >= 11 is 11.8. The standard InChI is InChI=1S/C23H16Cl2F3NO5S/c1-32-18-7-8-20(19(12-18)14-5-3-2-4-6-14)35(30,31)33-21-13-22(34-29-21,23(26,27)28)15-9-16(24)11-17(25)10-15/h2-12H,13H2,1H3. The number of hydrogen-bond donors (Lipinski definition) is 0. The molecule has 1 aliphatic heterocycles. The summed E-state index contributed by atoms with van der Waals surface area (Å²) in [6.45, 7) is 0. The molecular weight excluding hydrogens is 530 g/mol. The average Bonchev–Trinajstić information content (AvgIpc) is 3.23. The lowest BCUT2D eigenvalue weighted by Crippen LogP contribution is -2.43. The number of methoxy groups -OCH3 is 1. The van der Waals surface area contributed by atoms with E-state index in [0.717, 1.165) is 12.1 Å². The zero-order valence-electron chi connectivity index (χ0n) is 17.8. The van der Waals surface area contributed by atoms with Gasteiger partial charge in [0.1, 0.15) is 10.6 Å². The summed E-state index contributed by atoms with van der Waals surface area (Å²) < 4.78 is 79.0. The molecule has 0 fully saturated rings. The first-order valence-electron chi connectivity index (χ1n) is 9.91. The molecule has 35 heavy (non-hydrogen) atoms. The third-order valence-electron chi connectivity index (χ3n) is 5.24. The lowest BCUT2D eigenvalue weighted by molar-refractivity contribution is -0.275. The number of alkyl halides is 3. The average molecular weight is 546 g/mol. The molecule has 3 aromatic carbocycles. The molecule has 0 radical (unpaired) electrons. The third kappa shape index (κ3) is 4.91. The predicted molar refractivity (Wildman–Crippen MR) is 124 cm³/mol. The largest absolute Gasteiger partial charge is 0.497 e. The highest BCUT2D eigenvalue weighted by atomic mass is 35.5. The number of halogens is 5. The molecule has 0 bridgehead atoms. The van der Waals surface area contributed by atoms with E-state index in [1.165, 1.54) is 31.4 Å². The van der Waals surface area contributed by atoms with Gasteiger partial charge in [0.05, 0.1) is 13.5 Å². The Labute approximate surface area is 208 Å². The Morgan fingerprint density at radius 2 is 1.66 bits per heavy atom. The van der Waals surface area contributed by atoms with Crippen LogP contribution >= 0.6 is 23.2 Å². The molecule has 0 amide bonds. The Kier molecular flexibility index (Phi) is 6.65. The molecule has 12 heteroatoms. The van der Waals surface area contributed by atoms with Crippen LogP contribution in [-0.4, -0.2) is 27.6 Å². The van der Waals surface area contributed by atoms with Crippen molar-refractivity contribution in [1.82, 2.24) is 0 Å². The van der Waals surface area contributed by atoms with Crippen molar-refractivity contribution in [2.24, 2.45) is 5.16 Å². The first-order valence-corrected chi connectivity index (χ1v) is 12.1. The minimum Gasteiger partial charge on any atom is -0.497 e. The van der Waals surface area contributed by atoms with Gasteiger partial charge in [-0.05, 0) is 47.1 Å². The molecule has 4 rings (SSSR count). The Hall–Kier alpha value is -2.95. The fraction of sp³-hybridized carbons (Fsp3) is 0.174. The van der Waals surface area contributed by atoms with Crippen molar-refractivity contribution in [3.8, 4) is 16.9 Å². The molecule has 0 saturated heterocycles. The van der Waals surface area contributed by atoms with Gasteiger partial charge in [0, 0.05) is 21.2 Å². The van der Waals surface area contributed by atoms with Crippen molar-refractivity contribution in [1.29, 1.82) is 0 Å². The van der Waals surface area contributed by atoms with Gasteiger partial charge in [0.2, 0.25) is 0 Å². The van der Waals surface area contributed by atoms with Gasteiger partial charge in [-0.3, -0.25) is 0 Å². The van der Waals surface area contributed by atoms with E-state index < -0.39 is 39.8 Å². The van der Waals surface area contributed by atoms with Crippen LogP contribution in [0.25, 0.3) is 11.1 Å². The number of oxime groups is 1. The van der Waals surface area contributed by atoms with E-state index in [9.17, 15) is 21.6 Å². The van der Waals surface area contributed by atoms with Crippen molar-refractivity contribution < 1.29 is 35.3 Å². The zero-order valence-corrected chi connectivity index (χ0v) is 20.2. The van der Waals surface area contributed by atoms with Gasteiger partial charge in [-0.2, -0.15) is 21.6 Å². The maximum absolute atomic E-state index is 14.2. The lowest BCUT2D eigenvalue weighted by Gasteiger charge is -2.29. The van der Waals surface area contributed by atoms with E-state index in [-0.39, 0.29) is 20.5 Å². The second-order valence-corrected chi connectivity index (χ2v) is 9.89. The maximum atomic E-state index is 14.2. The van der Waals surface area contributed by atoms with Crippen molar-refractivity contribution in [3.05, 3.63) is 82.3 Å². The van der Waals surface area contributed by atoms with Crippen LogP contribution in [0, 0.1) is 0 Å². The number of rotatable bonds is 5. The lowest BCUT2D eigenvalue weighted by atomic mass is 9.90. The molecule has 6 nitrogen and oxygen atoms in total. The van der Waals surface area contributed by atoms with E-state index in [2.05, 4.69) is 5.16 Å². The van der Waals surface area contributed by atoms with Gasteiger partial charge in [-0.1, -0.05) is 53.5 Å². The Balaban J connectivity index is 1.70. The Morgan fingerprint density at radius 1 is 1.00 bits per heavy atom. The summed E-state index contributed by atoms with van der Waals surface area (Å²) in [4.78, 5) is 4.49. The molecule has 0 spiro atoms. The number of ether oxygens (including phenoxy) is 1. The fourth-order valence-corrected chi connectivity index (χ4v) is 5.22. The van der Waals surface area contributed by atoms with E-state index >= 15 is 0 Å². The summed E-state index contributed by atoms with van der Waals surface area (Å²) in [6.07, 6.45) is -6.06. The monoisotopic (exact) mass is 545 g/mol. The highest BCUT2D eigenvalue weighted by Gasteiger charge is 2.63. The molecule has 0 saturated carbocycles. The van der Waals surface area contributed by atoms with E-state index in [0.29, 0.717) is 11.3 Å². The van der Waals surface area contributed by atoms with Gasteiger partial charge in [-0.15, -0.1) is 0 Å². The van der Waals surface area contributed by atoms with Crippen LogP contribution in [0.1, 0.15) is 12.0 Å². The first kappa shape index (κ1) is 25.2. The number of nitrogens with zero attached hydrogens (tertiary/aromatic N) is 1. The highest BCUT2D eigenvalue weighted by Crippen LogP contribution is 2.49. The minimum atomic E-state index is -5.01. The Bertz CT molecular complexity index is 1380. The first-order chi connectivity index (χ1) is 16.4. The van der Waals surface area contributed by atoms with Crippen molar-refractivity contribution in [2.75, 3.05) is 7.11 Å². The highest BCUT2D eigenvalue weighted by molar-refractivity contribution is 7.87. The van der Waals surface area contributed by atoms with E-state index in [1.54, 1.807) is 30.3 Å². The quantitative estimate of drug-likeness (QED) is 0.339. The van der Waals surface area contributed by atoms with Crippen LogP contribution in [0.3, 0.4) is 0 Å². The summed E-state index contributed by atoms with van der Waals surface area (Å²) in [5.74, 6) is -0.411. The SMILES string of the molecule is COc1ccc(S(=O)(=O)OC2=NOC(c3cc(Cl)cc(Cl)c3)(C(F)(F)F)C2)c(-c2ccccc2)c1. The summed E-state index contributed by atoms with van der Waals surface area (Å²) in [7, 11) is -3.21. The molecule has 184 valence electrons. The van der Waals surface area contributed by atoms with Gasteiger partial charge >= 0.3 is 16.3 Å². The van der Waals surface area contributed by atoms with Crippen LogP contribution in [-0.2, 0) is 24.7 Å². The fourth-order valence-electron chi connectivity index (χ4n) is 3.58. The van der Waals surface area contributed by atoms with Gasteiger partial charge < -0.3 is 13.8 Å². The molecule has 3 aromatic rings. The van der Waals surface area contributed by atoms with Crippen LogP contribution < -0.4 is 4.74 Å². The Morgan fingerprint density at radius 3 is 2.26 bits per heavy atom. The van der Waals surface area contributed by atoms with Crippen LogP contribution in [0.4, 0.5) is 13.2 Å². The smallest absolute Gasteiger partial charge is 0.435 e. The van der Waals surface area contributed by atoms with Crippen LogP contribution in [0.15, 0.2) is 76.8 Å². The second kappa shape index (κ2) is 9.25. The molecule has 1 heterocycles. The third-order valence-corrected chi connectivity index (χ3v) is 6.98.